The summed E-state index contributed by atoms with van der Waals surface area (Å²) in [5.41, 5.74) is 2.09. The summed E-state index contributed by atoms with van der Waals surface area (Å²) >= 11 is 0. The second-order valence-corrected chi connectivity index (χ2v) is 5.98. The number of hydrogen-bond donors (Lipinski definition) is 0. The molecule has 1 saturated carbocycles. The molecule has 0 aromatic heterocycles. The van der Waals surface area contributed by atoms with Crippen LogP contribution in [0.3, 0.4) is 0 Å². The van der Waals surface area contributed by atoms with E-state index in [1.165, 1.54) is 37.7 Å². The van der Waals surface area contributed by atoms with E-state index in [-0.39, 0.29) is 6.42 Å². The van der Waals surface area contributed by atoms with Gasteiger partial charge >= 0.3 is 6.18 Å². The summed E-state index contributed by atoms with van der Waals surface area (Å²) in [6.07, 6.45) is 1.59. The van der Waals surface area contributed by atoms with Crippen molar-refractivity contribution < 1.29 is 13.2 Å². The molecule has 0 N–H and O–H groups in total. The molecule has 112 valence electrons. The molecule has 3 heteroatoms. The Kier molecular flexibility index (Phi) is 5.11. The Balaban J connectivity index is 1.88. The van der Waals surface area contributed by atoms with Gasteiger partial charge in [-0.05, 0) is 55.1 Å². The fraction of sp³-hybridized carbons (Fsp3) is 0.647. The molecule has 0 aliphatic heterocycles. The zero-order valence-corrected chi connectivity index (χ0v) is 12.0. The van der Waals surface area contributed by atoms with Gasteiger partial charge in [-0.1, -0.05) is 37.6 Å². The van der Waals surface area contributed by atoms with Crippen LogP contribution in [0, 0.1) is 5.92 Å². The van der Waals surface area contributed by atoms with Crippen LogP contribution in [0.15, 0.2) is 24.3 Å². The first-order valence-electron chi connectivity index (χ1n) is 7.63. The summed E-state index contributed by atoms with van der Waals surface area (Å²) in [6.45, 7) is 2.25. The molecular formula is C17H23F3. The molecule has 1 aromatic carbocycles. The van der Waals surface area contributed by atoms with Crippen LogP contribution in [-0.2, 0) is 6.42 Å². The average molecular weight is 284 g/mol. The van der Waals surface area contributed by atoms with E-state index >= 15 is 0 Å². The summed E-state index contributed by atoms with van der Waals surface area (Å²) in [5, 5.41) is 0. The fourth-order valence-electron chi connectivity index (χ4n) is 3.15. The SMILES string of the molecule is CC[C@H]1CC[C@H](c2ccc(CCC(F)(F)F)cc2)CC1. The topological polar surface area (TPSA) is 0 Å². The Hall–Kier alpha value is -0.990. The molecule has 0 heterocycles. The molecule has 0 bridgehead atoms. The number of halogens is 3. The highest BCUT2D eigenvalue weighted by Crippen LogP contribution is 2.37. The molecule has 0 nitrogen and oxygen atoms in total. The van der Waals surface area contributed by atoms with Crippen molar-refractivity contribution in [2.24, 2.45) is 5.92 Å². The summed E-state index contributed by atoms with van der Waals surface area (Å²) in [6, 6.07) is 7.80. The first-order valence-corrected chi connectivity index (χ1v) is 7.63. The third-order valence-corrected chi connectivity index (χ3v) is 4.57. The Morgan fingerprint density at radius 2 is 1.60 bits per heavy atom. The molecule has 1 fully saturated rings. The van der Waals surface area contributed by atoms with Gasteiger partial charge in [-0.2, -0.15) is 13.2 Å². The molecular weight excluding hydrogens is 261 g/mol. The number of hydrogen-bond acceptors (Lipinski definition) is 0. The molecule has 20 heavy (non-hydrogen) atoms. The summed E-state index contributed by atoms with van der Waals surface area (Å²) in [7, 11) is 0. The van der Waals surface area contributed by atoms with Crippen molar-refractivity contribution in [3.05, 3.63) is 35.4 Å². The Morgan fingerprint density at radius 3 is 2.10 bits per heavy atom. The number of aryl methyl sites for hydroxylation is 1. The van der Waals surface area contributed by atoms with Gasteiger partial charge in [0.25, 0.3) is 0 Å². The van der Waals surface area contributed by atoms with Crippen LogP contribution in [0.4, 0.5) is 13.2 Å². The van der Waals surface area contributed by atoms with Gasteiger partial charge in [-0.3, -0.25) is 0 Å². The smallest absolute Gasteiger partial charge is 0.171 e. The van der Waals surface area contributed by atoms with Gasteiger partial charge in [0.2, 0.25) is 0 Å². The zero-order valence-electron chi connectivity index (χ0n) is 12.0. The van der Waals surface area contributed by atoms with Crippen molar-refractivity contribution in [3.8, 4) is 0 Å². The predicted octanol–water partition coefficient (Wildman–Crippen LogP) is 5.87. The third kappa shape index (κ3) is 4.53. The zero-order chi connectivity index (χ0) is 14.6. The van der Waals surface area contributed by atoms with Crippen LogP contribution in [0.25, 0.3) is 0 Å². The second-order valence-electron chi connectivity index (χ2n) is 5.98. The van der Waals surface area contributed by atoms with Gasteiger partial charge in [0.1, 0.15) is 0 Å². The predicted molar refractivity (Wildman–Crippen MR) is 75.8 cm³/mol. The summed E-state index contributed by atoms with van der Waals surface area (Å²) in [5.74, 6) is 1.48. The van der Waals surface area contributed by atoms with E-state index < -0.39 is 12.6 Å². The molecule has 1 aliphatic rings. The normalized spacial score (nSPS) is 23.8. The van der Waals surface area contributed by atoms with Gasteiger partial charge in [0.05, 0.1) is 0 Å². The van der Waals surface area contributed by atoms with Gasteiger partial charge in [0.15, 0.2) is 0 Å². The van der Waals surface area contributed by atoms with Crippen LogP contribution < -0.4 is 0 Å². The van der Waals surface area contributed by atoms with Gasteiger partial charge < -0.3 is 0 Å². The van der Waals surface area contributed by atoms with Crippen molar-refractivity contribution in [2.75, 3.05) is 0 Å². The fourth-order valence-corrected chi connectivity index (χ4v) is 3.15. The molecule has 0 unspecified atom stereocenters. The first-order chi connectivity index (χ1) is 9.48. The number of rotatable bonds is 4. The molecule has 1 aromatic rings. The van der Waals surface area contributed by atoms with E-state index in [2.05, 4.69) is 6.92 Å². The Morgan fingerprint density at radius 1 is 1.00 bits per heavy atom. The molecule has 2 rings (SSSR count). The maximum atomic E-state index is 12.2. The summed E-state index contributed by atoms with van der Waals surface area (Å²) < 4.78 is 36.5. The van der Waals surface area contributed by atoms with E-state index in [1.807, 2.05) is 24.3 Å². The third-order valence-electron chi connectivity index (χ3n) is 4.57. The van der Waals surface area contributed by atoms with E-state index in [1.54, 1.807) is 0 Å². The van der Waals surface area contributed by atoms with Crippen LogP contribution in [0.2, 0.25) is 0 Å². The largest absolute Gasteiger partial charge is 0.389 e. The van der Waals surface area contributed by atoms with Crippen LogP contribution in [0.5, 0.6) is 0 Å². The molecule has 1 aliphatic carbocycles. The lowest BCUT2D eigenvalue weighted by Crippen LogP contribution is -2.12. The quantitative estimate of drug-likeness (QED) is 0.649. The van der Waals surface area contributed by atoms with Crippen molar-refractivity contribution in [2.45, 2.75) is 64.0 Å². The van der Waals surface area contributed by atoms with E-state index in [0.717, 1.165) is 11.5 Å². The Bertz CT molecular complexity index is 397. The molecule has 0 radical (unpaired) electrons. The molecule has 0 spiro atoms. The maximum absolute atomic E-state index is 12.2. The average Bonchev–Trinajstić information content (AvgIpc) is 2.45. The van der Waals surface area contributed by atoms with Crippen LogP contribution >= 0.6 is 0 Å². The highest BCUT2D eigenvalue weighted by Gasteiger charge is 2.26. The van der Waals surface area contributed by atoms with Crippen LogP contribution in [-0.4, -0.2) is 6.18 Å². The van der Waals surface area contributed by atoms with Crippen LogP contribution in [0.1, 0.15) is 62.5 Å². The van der Waals surface area contributed by atoms with E-state index in [4.69, 9.17) is 0 Å². The molecule has 0 saturated heterocycles. The lowest BCUT2D eigenvalue weighted by atomic mass is 9.78. The lowest BCUT2D eigenvalue weighted by Gasteiger charge is -2.28. The second kappa shape index (κ2) is 6.64. The van der Waals surface area contributed by atoms with Crippen molar-refractivity contribution >= 4 is 0 Å². The number of alkyl halides is 3. The van der Waals surface area contributed by atoms with Crippen molar-refractivity contribution in [1.29, 1.82) is 0 Å². The number of benzene rings is 1. The van der Waals surface area contributed by atoms with Gasteiger partial charge in [0, 0.05) is 6.42 Å². The minimum absolute atomic E-state index is 0.0896. The van der Waals surface area contributed by atoms with E-state index in [0.29, 0.717) is 5.92 Å². The lowest BCUT2D eigenvalue weighted by molar-refractivity contribution is -0.133. The van der Waals surface area contributed by atoms with Crippen molar-refractivity contribution in [3.63, 3.8) is 0 Å². The summed E-state index contributed by atoms with van der Waals surface area (Å²) in [4.78, 5) is 0. The minimum atomic E-state index is -4.06. The van der Waals surface area contributed by atoms with Gasteiger partial charge in [-0.15, -0.1) is 0 Å². The maximum Gasteiger partial charge on any atom is 0.389 e. The standard InChI is InChI=1S/C17H23F3/c1-2-13-3-7-15(8-4-13)16-9-5-14(6-10-16)11-12-17(18,19)20/h5-6,9-10,13,15H,2-4,7-8,11-12H2,1H3/t13-,15-. The highest BCUT2D eigenvalue weighted by atomic mass is 19.4. The van der Waals surface area contributed by atoms with E-state index in [9.17, 15) is 13.2 Å². The van der Waals surface area contributed by atoms with Gasteiger partial charge in [-0.25, -0.2) is 0 Å². The first kappa shape index (κ1) is 15.4. The van der Waals surface area contributed by atoms with Crippen molar-refractivity contribution in [1.82, 2.24) is 0 Å². The minimum Gasteiger partial charge on any atom is -0.171 e. The monoisotopic (exact) mass is 284 g/mol. The molecule has 0 atom stereocenters. The highest BCUT2D eigenvalue weighted by molar-refractivity contribution is 5.26. The Labute approximate surface area is 119 Å². The molecule has 0 amide bonds.